The first-order chi connectivity index (χ1) is 8.38. The van der Waals surface area contributed by atoms with Gasteiger partial charge in [0.05, 0.1) is 0 Å². The van der Waals surface area contributed by atoms with Gasteiger partial charge in [0.2, 0.25) is 0 Å². The first kappa shape index (κ1) is 13.4. The van der Waals surface area contributed by atoms with Crippen LogP contribution in [0.5, 0.6) is 0 Å². The summed E-state index contributed by atoms with van der Waals surface area (Å²) in [5.74, 6) is 0. The van der Waals surface area contributed by atoms with Crippen molar-refractivity contribution in [2.45, 2.75) is 76.8 Å². The molecule has 1 heterocycles. The Labute approximate surface area is 107 Å². The van der Waals surface area contributed by atoms with Crippen LogP contribution in [0, 0.1) is 0 Å². The van der Waals surface area contributed by atoms with E-state index in [0.29, 0.717) is 0 Å². The van der Waals surface area contributed by atoms with Gasteiger partial charge in [-0.25, -0.2) is 0 Å². The predicted molar refractivity (Wildman–Crippen MR) is 74.4 cm³/mol. The Morgan fingerprint density at radius 3 is 2.35 bits per heavy atom. The summed E-state index contributed by atoms with van der Waals surface area (Å²) in [6.07, 6.45) is 12.7. The van der Waals surface area contributed by atoms with Crippen molar-refractivity contribution in [3.63, 3.8) is 0 Å². The molecule has 0 amide bonds. The Hall–Kier alpha value is -0.0800. The quantitative estimate of drug-likeness (QED) is 0.809. The van der Waals surface area contributed by atoms with Gasteiger partial charge in [-0.1, -0.05) is 26.2 Å². The van der Waals surface area contributed by atoms with Crippen molar-refractivity contribution >= 4 is 0 Å². The molecule has 2 rings (SSSR count). The monoisotopic (exact) mass is 238 g/mol. The topological polar surface area (TPSA) is 15.3 Å². The first-order valence-electron chi connectivity index (χ1n) is 7.87. The number of likely N-dealkylation sites (tertiary alicyclic amines) is 1. The van der Waals surface area contributed by atoms with Crippen molar-refractivity contribution in [1.82, 2.24) is 10.2 Å². The van der Waals surface area contributed by atoms with Gasteiger partial charge in [-0.2, -0.15) is 0 Å². The lowest BCUT2D eigenvalue weighted by molar-refractivity contribution is 0.276. The van der Waals surface area contributed by atoms with Gasteiger partial charge in [-0.3, -0.25) is 0 Å². The first-order valence-corrected chi connectivity index (χ1v) is 7.87. The average Bonchev–Trinajstić information content (AvgIpc) is 2.57. The van der Waals surface area contributed by atoms with E-state index in [0.717, 1.165) is 12.1 Å². The minimum absolute atomic E-state index is 0.806. The molecule has 2 aliphatic rings. The maximum Gasteiger partial charge on any atom is 0.00823 e. The predicted octanol–water partition coefficient (Wildman–Crippen LogP) is 3.17. The molecule has 0 aromatic carbocycles. The molecule has 1 saturated carbocycles. The van der Waals surface area contributed by atoms with Crippen molar-refractivity contribution in [3.05, 3.63) is 0 Å². The summed E-state index contributed by atoms with van der Waals surface area (Å²) in [6, 6.07) is 1.64. The lowest BCUT2D eigenvalue weighted by atomic mass is 9.94. The minimum Gasteiger partial charge on any atom is -0.311 e. The summed E-state index contributed by atoms with van der Waals surface area (Å²) >= 11 is 0. The van der Waals surface area contributed by atoms with Gasteiger partial charge in [0, 0.05) is 12.1 Å². The van der Waals surface area contributed by atoms with Crippen LogP contribution in [0.4, 0.5) is 0 Å². The van der Waals surface area contributed by atoms with Crippen LogP contribution in [0.3, 0.4) is 0 Å². The van der Waals surface area contributed by atoms with Crippen molar-refractivity contribution < 1.29 is 0 Å². The van der Waals surface area contributed by atoms with Crippen LogP contribution >= 0.6 is 0 Å². The largest absolute Gasteiger partial charge is 0.311 e. The van der Waals surface area contributed by atoms with Crippen molar-refractivity contribution in [2.75, 3.05) is 19.6 Å². The molecule has 1 unspecified atom stereocenters. The zero-order valence-corrected chi connectivity index (χ0v) is 11.6. The van der Waals surface area contributed by atoms with Crippen LogP contribution in [0.2, 0.25) is 0 Å². The highest BCUT2D eigenvalue weighted by Gasteiger charge is 2.20. The number of nitrogens with one attached hydrogen (secondary N) is 1. The fraction of sp³-hybridized carbons (Fsp3) is 1.00. The van der Waals surface area contributed by atoms with Crippen LogP contribution in [-0.4, -0.2) is 36.6 Å². The Morgan fingerprint density at radius 1 is 0.882 bits per heavy atom. The molecule has 1 aliphatic heterocycles. The molecule has 2 fully saturated rings. The summed E-state index contributed by atoms with van der Waals surface area (Å²) < 4.78 is 0. The van der Waals surface area contributed by atoms with Gasteiger partial charge in [0.1, 0.15) is 0 Å². The van der Waals surface area contributed by atoms with E-state index in [1.807, 2.05) is 0 Å². The minimum atomic E-state index is 0.806. The standard InChI is InChI=1S/C15H30N2/c1-2-11-17-12-6-9-15(10-13-17)16-14-7-4-3-5-8-14/h14-16H,2-13H2,1H3. The zero-order valence-electron chi connectivity index (χ0n) is 11.6. The zero-order chi connectivity index (χ0) is 11.9. The molecule has 1 atom stereocenters. The maximum atomic E-state index is 3.93. The molecule has 0 spiro atoms. The van der Waals surface area contributed by atoms with Crippen LogP contribution in [0.15, 0.2) is 0 Å². The molecule has 0 aromatic rings. The third kappa shape index (κ3) is 4.59. The van der Waals surface area contributed by atoms with Gasteiger partial charge in [0.25, 0.3) is 0 Å². The maximum absolute atomic E-state index is 3.93. The van der Waals surface area contributed by atoms with E-state index in [1.54, 1.807) is 0 Å². The highest BCUT2D eigenvalue weighted by atomic mass is 15.1. The lowest BCUT2D eigenvalue weighted by Gasteiger charge is -2.28. The fourth-order valence-corrected chi connectivity index (χ4v) is 3.46. The summed E-state index contributed by atoms with van der Waals surface area (Å²) in [5, 5.41) is 3.93. The molecule has 0 bridgehead atoms. The van der Waals surface area contributed by atoms with E-state index in [9.17, 15) is 0 Å². The van der Waals surface area contributed by atoms with Crippen molar-refractivity contribution in [2.24, 2.45) is 0 Å². The Kier molecular flexibility index (Phi) is 5.79. The van der Waals surface area contributed by atoms with Crippen molar-refractivity contribution in [1.29, 1.82) is 0 Å². The summed E-state index contributed by atoms with van der Waals surface area (Å²) in [7, 11) is 0. The summed E-state index contributed by atoms with van der Waals surface area (Å²) in [6.45, 7) is 6.24. The number of hydrogen-bond acceptors (Lipinski definition) is 2. The van der Waals surface area contributed by atoms with Crippen LogP contribution in [0.1, 0.15) is 64.7 Å². The van der Waals surface area contributed by atoms with E-state index in [-0.39, 0.29) is 0 Å². The van der Waals surface area contributed by atoms with Crippen molar-refractivity contribution in [3.8, 4) is 0 Å². The summed E-state index contributed by atoms with van der Waals surface area (Å²) in [5.41, 5.74) is 0. The van der Waals surface area contributed by atoms with E-state index < -0.39 is 0 Å². The second-order valence-corrected chi connectivity index (χ2v) is 5.97. The normalized spacial score (nSPS) is 29.1. The van der Waals surface area contributed by atoms with Gasteiger partial charge in [0.15, 0.2) is 0 Å². The second-order valence-electron chi connectivity index (χ2n) is 5.97. The number of rotatable bonds is 4. The van der Waals surface area contributed by atoms with Gasteiger partial charge < -0.3 is 10.2 Å². The van der Waals surface area contributed by atoms with Crippen LogP contribution in [0.25, 0.3) is 0 Å². The van der Waals surface area contributed by atoms with Gasteiger partial charge >= 0.3 is 0 Å². The Balaban J connectivity index is 1.70. The molecular formula is C15H30N2. The fourth-order valence-electron chi connectivity index (χ4n) is 3.46. The average molecular weight is 238 g/mol. The molecule has 2 nitrogen and oxygen atoms in total. The third-order valence-corrected chi connectivity index (χ3v) is 4.44. The van der Waals surface area contributed by atoms with Gasteiger partial charge in [-0.15, -0.1) is 0 Å². The highest BCUT2D eigenvalue weighted by molar-refractivity contribution is 4.80. The highest BCUT2D eigenvalue weighted by Crippen LogP contribution is 2.20. The summed E-state index contributed by atoms with van der Waals surface area (Å²) in [4.78, 5) is 2.66. The molecule has 1 saturated heterocycles. The number of hydrogen-bond donors (Lipinski definition) is 1. The molecule has 100 valence electrons. The van der Waals surface area contributed by atoms with E-state index in [2.05, 4.69) is 17.1 Å². The van der Waals surface area contributed by atoms with E-state index in [1.165, 1.54) is 77.4 Å². The molecule has 17 heavy (non-hydrogen) atoms. The SMILES string of the molecule is CCCN1CCCC(NC2CCCCC2)CC1. The Morgan fingerprint density at radius 2 is 1.59 bits per heavy atom. The molecule has 2 heteroatoms. The molecule has 0 aromatic heterocycles. The number of nitrogens with zero attached hydrogens (tertiary/aromatic N) is 1. The van der Waals surface area contributed by atoms with E-state index in [4.69, 9.17) is 0 Å². The lowest BCUT2D eigenvalue weighted by Crippen LogP contribution is -2.40. The molecular weight excluding hydrogens is 208 g/mol. The van der Waals surface area contributed by atoms with Gasteiger partial charge in [-0.05, 0) is 58.2 Å². The molecule has 1 aliphatic carbocycles. The Bertz CT molecular complexity index is 199. The van der Waals surface area contributed by atoms with Crippen LogP contribution in [-0.2, 0) is 0 Å². The second kappa shape index (κ2) is 7.38. The smallest absolute Gasteiger partial charge is 0.00823 e. The molecule has 1 N–H and O–H groups in total. The van der Waals surface area contributed by atoms with Crippen LogP contribution < -0.4 is 5.32 Å². The molecule has 0 radical (unpaired) electrons. The van der Waals surface area contributed by atoms with E-state index >= 15 is 0 Å². The third-order valence-electron chi connectivity index (χ3n) is 4.44.